The van der Waals surface area contributed by atoms with Crippen LogP contribution in [-0.4, -0.2) is 21.0 Å². The maximum Gasteiger partial charge on any atom is 0.186 e. The van der Waals surface area contributed by atoms with E-state index in [1.54, 1.807) is 17.5 Å². The molecular weight excluding hydrogens is 216 g/mol. The summed E-state index contributed by atoms with van der Waals surface area (Å²) in [6.07, 6.45) is 3.82. The number of ketones is 2. The monoisotopic (exact) mass is 230 g/mol. The summed E-state index contributed by atoms with van der Waals surface area (Å²) in [7, 11) is 0. The van der Waals surface area contributed by atoms with Crippen LogP contribution in [0.5, 0.6) is 0 Å². The molecule has 0 aliphatic heterocycles. The van der Waals surface area contributed by atoms with Crippen LogP contribution in [0.3, 0.4) is 0 Å². The summed E-state index contributed by atoms with van der Waals surface area (Å²) in [6, 6.07) is 5.59. The van der Waals surface area contributed by atoms with Crippen molar-refractivity contribution >= 4 is 17.2 Å². The van der Waals surface area contributed by atoms with Crippen molar-refractivity contribution in [3.05, 3.63) is 36.3 Å². The lowest BCUT2D eigenvalue weighted by Crippen LogP contribution is -2.14. The maximum atomic E-state index is 12.0. The van der Waals surface area contributed by atoms with Gasteiger partial charge in [-0.1, -0.05) is 13.0 Å². The fourth-order valence-corrected chi connectivity index (χ4v) is 1.83. The highest BCUT2D eigenvalue weighted by molar-refractivity contribution is 5.98. The Morgan fingerprint density at radius 1 is 1.41 bits per heavy atom. The molecule has 0 aliphatic rings. The Hall–Kier alpha value is -1.97. The Morgan fingerprint density at radius 3 is 2.82 bits per heavy atom. The standard InChI is InChI=1S/C13H14N2O2/c1-9(7-10(2)16)13(17)11-8-15-6-4-3-5-12(15)14-11/h3-6,8-9H,7H2,1-2H3. The predicted octanol–water partition coefficient (Wildman–Crippen LogP) is 2.13. The van der Waals surface area contributed by atoms with Crippen LogP contribution in [0.1, 0.15) is 30.8 Å². The molecule has 0 bridgehead atoms. The second-order valence-electron chi connectivity index (χ2n) is 4.26. The molecule has 0 fully saturated rings. The third-order valence-electron chi connectivity index (χ3n) is 2.66. The largest absolute Gasteiger partial charge is 0.306 e. The molecule has 0 spiro atoms. The first-order valence-corrected chi connectivity index (χ1v) is 5.55. The average Bonchev–Trinajstić information content (AvgIpc) is 2.70. The summed E-state index contributed by atoms with van der Waals surface area (Å²) < 4.78 is 1.80. The zero-order valence-corrected chi connectivity index (χ0v) is 9.88. The van der Waals surface area contributed by atoms with Gasteiger partial charge in [-0.05, 0) is 19.1 Å². The number of fused-ring (bicyclic) bond motifs is 1. The van der Waals surface area contributed by atoms with E-state index in [1.165, 1.54) is 6.92 Å². The molecule has 2 aromatic rings. The Kier molecular flexibility index (Phi) is 3.04. The molecule has 0 radical (unpaired) electrons. The molecule has 4 nitrogen and oxygen atoms in total. The van der Waals surface area contributed by atoms with Crippen LogP contribution < -0.4 is 0 Å². The van der Waals surface area contributed by atoms with E-state index in [0.29, 0.717) is 5.69 Å². The first-order chi connectivity index (χ1) is 8.08. The number of hydrogen-bond donors (Lipinski definition) is 0. The molecular formula is C13H14N2O2. The van der Waals surface area contributed by atoms with Gasteiger partial charge in [-0.15, -0.1) is 0 Å². The molecule has 2 rings (SSSR count). The molecule has 0 aromatic carbocycles. The number of carbonyl (C=O) groups excluding carboxylic acids is 2. The van der Waals surface area contributed by atoms with Crippen molar-refractivity contribution in [2.75, 3.05) is 0 Å². The van der Waals surface area contributed by atoms with Crippen molar-refractivity contribution in [2.45, 2.75) is 20.3 Å². The van der Waals surface area contributed by atoms with Crippen LogP contribution in [0.25, 0.3) is 5.65 Å². The molecule has 1 atom stereocenters. The SMILES string of the molecule is CC(=O)CC(C)C(=O)c1cn2ccccc2n1. The molecule has 0 amide bonds. The van der Waals surface area contributed by atoms with Gasteiger partial charge >= 0.3 is 0 Å². The van der Waals surface area contributed by atoms with Gasteiger partial charge < -0.3 is 9.20 Å². The van der Waals surface area contributed by atoms with Gasteiger partial charge in [0.05, 0.1) is 0 Å². The van der Waals surface area contributed by atoms with E-state index >= 15 is 0 Å². The summed E-state index contributed by atoms with van der Waals surface area (Å²) in [6.45, 7) is 3.25. The van der Waals surface area contributed by atoms with Crippen molar-refractivity contribution in [1.82, 2.24) is 9.38 Å². The zero-order valence-electron chi connectivity index (χ0n) is 9.88. The van der Waals surface area contributed by atoms with Gasteiger partial charge in [0.15, 0.2) is 5.78 Å². The lowest BCUT2D eigenvalue weighted by Gasteiger charge is -2.04. The number of nitrogens with zero attached hydrogens (tertiary/aromatic N) is 2. The zero-order chi connectivity index (χ0) is 12.4. The minimum atomic E-state index is -0.308. The number of aromatic nitrogens is 2. The summed E-state index contributed by atoms with van der Waals surface area (Å²) in [5.41, 5.74) is 1.16. The van der Waals surface area contributed by atoms with Crippen LogP contribution in [0, 0.1) is 5.92 Å². The quantitative estimate of drug-likeness (QED) is 0.756. The van der Waals surface area contributed by atoms with Gasteiger partial charge in [0, 0.05) is 24.7 Å². The second kappa shape index (κ2) is 4.49. The minimum Gasteiger partial charge on any atom is -0.306 e. The van der Waals surface area contributed by atoms with Crippen LogP contribution in [0.4, 0.5) is 0 Å². The molecule has 0 aliphatic carbocycles. The summed E-state index contributed by atoms with van der Waals surface area (Å²) in [4.78, 5) is 27.2. The third-order valence-corrected chi connectivity index (χ3v) is 2.66. The van der Waals surface area contributed by atoms with E-state index in [1.807, 2.05) is 24.4 Å². The van der Waals surface area contributed by atoms with E-state index in [-0.39, 0.29) is 23.9 Å². The molecule has 4 heteroatoms. The van der Waals surface area contributed by atoms with Gasteiger partial charge in [0.1, 0.15) is 17.1 Å². The van der Waals surface area contributed by atoms with Crippen molar-refractivity contribution < 1.29 is 9.59 Å². The first kappa shape index (κ1) is 11.5. The Balaban J connectivity index is 2.27. The highest BCUT2D eigenvalue weighted by Crippen LogP contribution is 2.13. The number of pyridine rings is 1. The Labute approximate surface area is 99.3 Å². The molecule has 2 aromatic heterocycles. The van der Waals surface area contributed by atoms with Crippen molar-refractivity contribution in [2.24, 2.45) is 5.92 Å². The Morgan fingerprint density at radius 2 is 2.18 bits per heavy atom. The fraction of sp³-hybridized carbons (Fsp3) is 0.308. The fourth-order valence-electron chi connectivity index (χ4n) is 1.83. The second-order valence-corrected chi connectivity index (χ2v) is 4.26. The third kappa shape index (κ3) is 2.41. The van der Waals surface area contributed by atoms with Gasteiger partial charge in [-0.2, -0.15) is 0 Å². The molecule has 17 heavy (non-hydrogen) atoms. The predicted molar refractivity (Wildman–Crippen MR) is 64.0 cm³/mol. The van der Waals surface area contributed by atoms with Crippen molar-refractivity contribution in [3.63, 3.8) is 0 Å². The Bertz CT molecular complexity index is 539. The van der Waals surface area contributed by atoms with E-state index in [9.17, 15) is 9.59 Å². The molecule has 0 saturated carbocycles. The number of hydrogen-bond acceptors (Lipinski definition) is 3. The van der Waals surface area contributed by atoms with Crippen LogP contribution in [0.15, 0.2) is 30.6 Å². The van der Waals surface area contributed by atoms with Gasteiger partial charge in [0.2, 0.25) is 0 Å². The van der Waals surface area contributed by atoms with E-state index in [4.69, 9.17) is 0 Å². The number of rotatable bonds is 4. The van der Waals surface area contributed by atoms with Crippen molar-refractivity contribution in [1.29, 1.82) is 0 Å². The topological polar surface area (TPSA) is 51.4 Å². The minimum absolute atomic E-state index is 0.0228. The molecule has 1 unspecified atom stereocenters. The average molecular weight is 230 g/mol. The van der Waals surface area contributed by atoms with Crippen LogP contribution >= 0.6 is 0 Å². The molecule has 0 saturated heterocycles. The highest BCUT2D eigenvalue weighted by Gasteiger charge is 2.19. The van der Waals surface area contributed by atoms with Crippen molar-refractivity contribution in [3.8, 4) is 0 Å². The van der Waals surface area contributed by atoms with Crippen LogP contribution in [-0.2, 0) is 4.79 Å². The number of Topliss-reactive ketones (excluding diaryl/α,β-unsaturated/α-hetero) is 2. The summed E-state index contributed by atoms with van der Waals surface area (Å²) in [5.74, 6) is -0.365. The molecule has 88 valence electrons. The van der Waals surface area contributed by atoms with Crippen LogP contribution in [0.2, 0.25) is 0 Å². The van der Waals surface area contributed by atoms with Gasteiger partial charge in [-0.3, -0.25) is 4.79 Å². The molecule has 2 heterocycles. The normalized spacial score (nSPS) is 12.6. The summed E-state index contributed by atoms with van der Waals surface area (Å²) in [5, 5.41) is 0. The lowest BCUT2D eigenvalue weighted by molar-refractivity contribution is -0.117. The summed E-state index contributed by atoms with van der Waals surface area (Å²) >= 11 is 0. The number of imidazole rings is 1. The lowest BCUT2D eigenvalue weighted by atomic mass is 9.99. The number of carbonyl (C=O) groups is 2. The van der Waals surface area contributed by atoms with E-state index in [2.05, 4.69) is 4.98 Å². The molecule has 0 N–H and O–H groups in total. The maximum absolute atomic E-state index is 12.0. The van der Waals surface area contributed by atoms with Gasteiger partial charge in [-0.25, -0.2) is 4.98 Å². The van der Waals surface area contributed by atoms with Gasteiger partial charge in [0.25, 0.3) is 0 Å². The van der Waals surface area contributed by atoms with E-state index < -0.39 is 0 Å². The van der Waals surface area contributed by atoms with E-state index in [0.717, 1.165) is 5.65 Å². The smallest absolute Gasteiger partial charge is 0.186 e. The first-order valence-electron chi connectivity index (χ1n) is 5.55. The highest BCUT2D eigenvalue weighted by atomic mass is 16.1.